The zero-order valence-corrected chi connectivity index (χ0v) is 17.1. The summed E-state index contributed by atoms with van der Waals surface area (Å²) in [6, 6.07) is 4.52. The lowest BCUT2D eigenvalue weighted by Gasteiger charge is -2.25. The maximum Gasteiger partial charge on any atom is 0.268 e. The molecule has 1 fully saturated rings. The first-order valence-corrected chi connectivity index (χ1v) is 9.76. The summed E-state index contributed by atoms with van der Waals surface area (Å²) >= 11 is 6.47. The van der Waals surface area contributed by atoms with Crippen LogP contribution in [-0.4, -0.2) is 26.8 Å². The molecule has 3 heterocycles. The molecule has 4 rings (SSSR count). The van der Waals surface area contributed by atoms with Gasteiger partial charge in [-0.25, -0.2) is 8.78 Å². The minimum absolute atomic E-state index is 0.0998. The Morgan fingerprint density at radius 2 is 2.03 bits per heavy atom. The Kier molecular flexibility index (Phi) is 4.65. The zero-order chi connectivity index (χ0) is 21.8. The molecule has 3 aromatic rings. The molecule has 1 aliphatic rings. The summed E-state index contributed by atoms with van der Waals surface area (Å²) in [5.74, 6) is -3.53. The second-order valence-electron chi connectivity index (χ2n) is 8.04. The van der Waals surface area contributed by atoms with E-state index < -0.39 is 22.7 Å². The highest BCUT2D eigenvalue weighted by Crippen LogP contribution is 2.50. The molecule has 0 saturated heterocycles. The maximum atomic E-state index is 13.8. The summed E-state index contributed by atoms with van der Waals surface area (Å²) < 4.78 is 27.7. The molecule has 0 aliphatic heterocycles. The number of aryl methyl sites for hydroxylation is 1. The summed E-state index contributed by atoms with van der Waals surface area (Å²) in [4.78, 5) is 35.8. The molecule has 3 N–H and O–H groups in total. The van der Waals surface area contributed by atoms with Crippen LogP contribution in [0.1, 0.15) is 48.1 Å². The Morgan fingerprint density at radius 3 is 2.67 bits per heavy atom. The van der Waals surface area contributed by atoms with Gasteiger partial charge in [-0.15, -0.1) is 0 Å². The second kappa shape index (κ2) is 6.84. The Morgan fingerprint density at radius 1 is 1.30 bits per heavy atom. The third-order valence-corrected chi connectivity index (χ3v) is 5.98. The molecule has 0 aromatic carbocycles. The predicted octanol–water partition coefficient (Wildman–Crippen LogP) is 4.12. The van der Waals surface area contributed by atoms with Gasteiger partial charge in [-0.1, -0.05) is 18.5 Å². The molecular weight excluding hydrogens is 414 g/mol. The highest BCUT2D eigenvalue weighted by atomic mass is 35.5. The smallest absolute Gasteiger partial charge is 0.268 e. The summed E-state index contributed by atoms with van der Waals surface area (Å²) in [6.07, 6.45) is 1.17. The number of fused-ring (bicyclic) bond motifs is 1. The molecule has 30 heavy (non-hydrogen) atoms. The first kappa shape index (κ1) is 20.4. The lowest BCUT2D eigenvalue weighted by molar-refractivity contribution is 0.00334. The average molecular weight is 433 g/mol. The molecule has 156 valence electrons. The molecule has 1 unspecified atom stereocenters. The van der Waals surface area contributed by atoms with Gasteiger partial charge < -0.3 is 10.7 Å². The number of H-pyrrole nitrogens is 1. The molecule has 3 aromatic heterocycles. The second-order valence-corrected chi connectivity index (χ2v) is 8.45. The number of rotatable bonds is 3. The fourth-order valence-corrected chi connectivity index (χ4v) is 4.60. The quantitative estimate of drug-likeness (QED) is 0.649. The monoisotopic (exact) mass is 432 g/mol. The van der Waals surface area contributed by atoms with Crippen molar-refractivity contribution in [2.24, 2.45) is 5.73 Å². The third-order valence-electron chi connectivity index (χ3n) is 5.70. The van der Waals surface area contributed by atoms with E-state index in [0.29, 0.717) is 34.6 Å². The number of hydrogen-bond donors (Lipinski definition) is 2. The number of aromatic amines is 1. The van der Waals surface area contributed by atoms with Gasteiger partial charge in [0.15, 0.2) is 5.43 Å². The highest BCUT2D eigenvalue weighted by molar-refractivity contribution is 6.31. The van der Waals surface area contributed by atoms with Crippen LogP contribution in [0.2, 0.25) is 5.02 Å². The Balaban J connectivity index is 1.84. The zero-order valence-electron chi connectivity index (χ0n) is 16.4. The van der Waals surface area contributed by atoms with Crippen molar-refractivity contribution in [1.82, 2.24) is 15.0 Å². The van der Waals surface area contributed by atoms with Crippen molar-refractivity contribution < 1.29 is 13.6 Å². The van der Waals surface area contributed by atoms with Gasteiger partial charge in [0.05, 0.1) is 27.3 Å². The van der Waals surface area contributed by atoms with Crippen LogP contribution in [0.3, 0.4) is 0 Å². The van der Waals surface area contributed by atoms with E-state index >= 15 is 0 Å². The number of carbonyl (C=O) groups is 1. The number of nitrogens with one attached hydrogen (secondary N) is 1. The van der Waals surface area contributed by atoms with Crippen LogP contribution in [0.25, 0.3) is 22.2 Å². The molecule has 9 heteroatoms. The molecule has 1 amide bonds. The lowest BCUT2D eigenvalue weighted by atomic mass is 9.84. The number of alkyl halides is 2. The van der Waals surface area contributed by atoms with E-state index in [1.54, 1.807) is 26.0 Å². The van der Waals surface area contributed by atoms with Gasteiger partial charge >= 0.3 is 0 Å². The summed E-state index contributed by atoms with van der Waals surface area (Å²) in [7, 11) is 0. The summed E-state index contributed by atoms with van der Waals surface area (Å²) in [5, 5.41) is 0.368. The van der Waals surface area contributed by atoms with Gasteiger partial charge in [0.2, 0.25) is 5.92 Å². The number of hydrogen-bond acceptors (Lipinski definition) is 4. The van der Waals surface area contributed by atoms with Crippen molar-refractivity contribution in [2.75, 3.05) is 0 Å². The number of carbonyl (C=O) groups excluding carboxylic acids is 1. The first-order valence-electron chi connectivity index (χ1n) is 9.38. The minimum atomic E-state index is -2.73. The van der Waals surface area contributed by atoms with Crippen molar-refractivity contribution in [3.8, 4) is 11.3 Å². The SMILES string of the molecule is Cc1nc(C2(C)CCC(F)(F)C2)c(Cl)cc1-c1cc(=O)c2c(C(N)=O)nccc2[nH]1. The van der Waals surface area contributed by atoms with Crippen LogP contribution in [0.15, 0.2) is 29.2 Å². The largest absolute Gasteiger partial charge is 0.364 e. The van der Waals surface area contributed by atoms with Gasteiger partial charge in [0.1, 0.15) is 5.69 Å². The van der Waals surface area contributed by atoms with E-state index in [0.717, 1.165) is 0 Å². The molecule has 0 spiro atoms. The number of nitrogens with zero attached hydrogens (tertiary/aromatic N) is 2. The Bertz CT molecular complexity index is 1260. The van der Waals surface area contributed by atoms with Gasteiger partial charge in [0.25, 0.3) is 5.91 Å². The van der Waals surface area contributed by atoms with E-state index in [2.05, 4.69) is 15.0 Å². The minimum Gasteiger partial charge on any atom is -0.364 e. The van der Waals surface area contributed by atoms with Crippen molar-refractivity contribution >= 4 is 28.4 Å². The van der Waals surface area contributed by atoms with Gasteiger partial charge in [-0.2, -0.15) is 0 Å². The topological polar surface area (TPSA) is 102 Å². The summed E-state index contributed by atoms with van der Waals surface area (Å²) in [5.41, 5.74) is 6.33. The third kappa shape index (κ3) is 3.35. The normalized spacial score (nSPS) is 20.6. The highest BCUT2D eigenvalue weighted by Gasteiger charge is 2.49. The Labute approximate surface area is 175 Å². The van der Waals surface area contributed by atoms with E-state index in [-0.39, 0.29) is 28.9 Å². The molecule has 0 radical (unpaired) electrons. The average Bonchev–Trinajstić information content (AvgIpc) is 2.96. The first-order chi connectivity index (χ1) is 14.0. The van der Waals surface area contributed by atoms with Gasteiger partial charge in [0, 0.05) is 41.8 Å². The van der Waals surface area contributed by atoms with Crippen LogP contribution in [0.5, 0.6) is 0 Å². The van der Waals surface area contributed by atoms with E-state index in [9.17, 15) is 18.4 Å². The van der Waals surface area contributed by atoms with Crippen LogP contribution >= 0.6 is 11.6 Å². The van der Waals surface area contributed by atoms with Gasteiger partial charge in [-0.3, -0.25) is 19.6 Å². The van der Waals surface area contributed by atoms with Crippen molar-refractivity contribution in [3.05, 3.63) is 56.7 Å². The fraction of sp³-hybridized carbons (Fsp3) is 0.333. The van der Waals surface area contributed by atoms with Crippen LogP contribution in [-0.2, 0) is 5.41 Å². The number of primary amides is 1. The van der Waals surface area contributed by atoms with E-state index in [1.165, 1.54) is 12.3 Å². The number of halogens is 3. The van der Waals surface area contributed by atoms with Crippen LogP contribution in [0, 0.1) is 6.92 Å². The van der Waals surface area contributed by atoms with Crippen LogP contribution in [0.4, 0.5) is 8.78 Å². The van der Waals surface area contributed by atoms with Crippen molar-refractivity contribution in [3.63, 3.8) is 0 Å². The Hall–Kier alpha value is -2.87. The van der Waals surface area contributed by atoms with Gasteiger partial charge in [-0.05, 0) is 25.5 Å². The van der Waals surface area contributed by atoms with E-state index in [4.69, 9.17) is 17.3 Å². The molecule has 6 nitrogen and oxygen atoms in total. The van der Waals surface area contributed by atoms with Crippen molar-refractivity contribution in [1.29, 1.82) is 0 Å². The lowest BCUT2D eigenvalue weighted by Crippen LogP contribution is -2.23. The molecular formula is C21H19ClF2N4O2. The molecule has 1 saturated carbocycles. The standard InChI is InChI=1S/C21H19ClF2N4O2/c1-10-11(7-12(22)18(27-10)20(2)4-5-21(23,24)9-20)14-8-15(29)16-13(28-14)3-6-26-17(16)19(25)30/h3,6-8H,4-5,9H2,1-2H3,(H2,25,30)(H,28,29). The maximum absolute atomic E-state index is 13.8. The fourth-order valence-electron chi connectivity index (χ4n) is 4.22. The molecule has 1 atom stereocenters. The molecule has 1 aliphatic carbocycles. The predicted molar refractivity (Wildman–Crippen MR) is 110 cm³/mol. The number of nitrogens with two attached hydrogens (primary N) is 1. The number of pyridine rings is 3. The summed E-state index contributed by atoms with van der Waals surface area (Å²) in [6.45, 7) is 3.48. The van der Waals surface area contributed by atoms with Crippen LogP contribution < -0.4 is 11.2 Å². The molecule has 0 bridgehead atoms. The van der Waals surface area contributed by atoms with Crippen molar-refractivity contribution in [2.45, 2.75) is 44.4 Å². The number of amides is 1. The van der Waals surface area contributed by atoms with E-state index in [1.807, 2.05) is 0 Å². The number of aromatic nitrogens is 3.